The van der Waals surface area contributed by atoms with Gasteiger partial charge >= 0.3 is 0 Å². The Bertz CT molecular complexity index is 984. The lowest BCUT2D eigenvalue weighted by Crippen LogP contribution is -2.36. The Hall–Kier alpha value is -2.58. The molecule has 0 aliphatic heterocycles. The van der Waals surface area contributed by atoms with Crippen molar-refractivity contribution in [2.75, 3.05) is 20.8 Å². The zero-order valence-electron chi connectivity index (χ0n) is 18.0. The lowest BCUT2D eigenvalue weighted by Gasteiger charge is -2.22. The standard InChI is InChI=1S/C23H30N2O5S/c1-29-21-13-10-18(16-22(21)30-2)23(26)24-15-14-17-8-11-20(12-9-17)31(27,28)25-19-6-4-3-5-7-19/h8-13,16,19,25H,3-7,14-15H2,1-2H3,(H,24,26). The average Bonchev–Trinajstić information content (AvgIpc) is 2.79. The summed E-state index contributed by atoms with van der Waals surface area (Å²) in [5.41, 5.74) is 1.43. The summed E-state index contributed by atoms with van der Waals surface area (Å²) in [6.07, 6.45) is 5.71. The van der Waals surface area contributed by atoms with Crippen LogP contribution >= 0.6 is 0 Å². The molecule has 1 aliphatic carbocycles. The molecule has 1 amide bonds. The summed E-state index contributed by atoms with van der Waals surface area (Å²) >= 11 is 0. The van der Waals surface area contributed by atoms with Gasteiger partial charge in [0, 0.05) is 18.2 Å². The van der Waals surface area contributed by atoms with Crippen molar-refractivity contribution in [2.45, 2.75) is 49.5 Å². The molecule has 2 N–H and O–H groups in total. The van der Waals surface area contributed by atoms with Gasteiger partial charge in [0.25, 0.3) is 5.91 Å². The van der Waals surface area contributed by atoms with Crippen molar-refractivity contribution in [3.63, 3.8) is 0 Å². The number of amides is 1. The number of hydrogen-bond acceptors (Lipinski definition) is 5. The van der Waals surface area contributed by atoms with Crippen LogP contribution in [0.15, 0.2) is 47.4 Å². The molecule has 0 atom stereocenters. The van der Waals surface area contributed by atoms with E-state index in [1.165, 1.54) is 13.5 Å². The molecule has 8 heteroatoms. The molecule has 2 aromatic rings. The molecule has 0 radical (unpaired) electrons. The van der Waals surface area contributed by atoms with Gasteiger partial charge in [0.1, 0.15) is 0 Å². The maximum absolute atomic E-state index is 12.6. The third kappa shape index (κ3) is 6.21. The van der Waals surface area contributed by atoms with Gasteiger partial charge in [-0.3, -0.25) is 4.79 Å². The Kier molecular flexibility index (Phi) is 7.92. The first-order valence-electron chi connectivity index (χ1n) is 10.5. The van der Waals surface area contributed by atoms with E-state index in [2.05, 4.69) is 10.0 Å². The summed E-state index contributed by atoms with van der Waals surface area (Å²) < 4.78 is 38.4. The van der Waals surface area contributed by atoms with Gasteiger partial charge in [0.15, 0.2) is 11.5 Å². The molecule has 0 heterocycles. The van der Waals surface area contributed by atoms with Crippen molar-refractivity contribution >= 4 is 15.9 Å². The van der Waals surface area contributed by atoms with Gasteiger partial charge < -0.3 is 14.8 Å². The number of carbonyl (C=O) groups is 1. The van der Waals surface area contributed by atoms with E-state index >= 15 is 0 Å². The Balaban J connectivity index is 1.52. The number of ether oxygens (including phenoxy) is 2. The van der Waals surface area contributed by atoms with Crippen LogP contribution < -0.4 is 19.5 Å². The molecule has 0 bridgehead atoms. The molecule has 1 saturated carbocycles. The SMILES string of the molecule is COc1ccc(C(=O)NCCc2ccc(S(=O)(=O)NC3CCCCC3)cc2)cc1OC. The molecule has 1 fully saturated rings. The Labute approximate surface area is 184 Å². The molecule has 168 valence electrons. The van der Waals surface area contributed by atoms with Crippen LogP contribution in [0, 0.1) is 0 Å². The lowest BCUT2D eigenvalue weighted by molar-refractivity contribution is 0.0953. The van der Waals surface area contributed by atoms with Gasteiger partial charge in [0.2, 0.25) is 10.0 Å². The number of hydrogen-bond donors (Lipinski definition) is 2. The fourth-order valence-corrected chi connectivity index (χ4v) is 5.05. The molecule has 2 aromatic carbocycles. The van der Waals surface area contributed by atoms with E-state index in [1.54, 1.807) is 49.6 Å². The summed E-state index contributed by atoms with van der Waals surface area (Å²) in [5.74, 6) is 0.845. The van der Waals surface area contributed by atoms with Gasteiger partial charge in [-0.05, 0) is 55.2 Å². The number of sulfonamides is 1. The first-order chi connectivity index (χ1) is 14.9. The smallest absolute Gasteiger partial charge is 0.251 e. The van der Waals surface area contributed by atoms with E-state index in [0.29, 0.717) is 30.0 Å². The third-order valence-corrected chi connectivity index (χ3v) is 7.04. The van der Waals surface area contributed by atoms with E-state index in [-0.39, 0.29) is 16.8 Å². The Morgan fingerprint density at radius 3 is 2.29 bits per heavy atom. The van der Waals surface area contributed by atoms with Crippen LogP contribution in [0.2, 0.25) is 0 Å². The van der Waals surface area contributed by atoms with Gasteiger partial charge in [-0.25, -0.2) is 13.1 Å². The monoisotopic (exact) mass is 446 g/mol. The van der Waals surface area contributed by atoms with Crippen LogP contribution in [-0.4, -0.2) is 41.1 Å². The first-order valence-corrected chi connectivity index (χ1v) is 12.0. The van der Waals surface area contributed by atoms with Crippen molar-refractivity contribution in [3.05, 3.63) is 53.6 Å². The molecular formula is C23H30N2O5S. The van der Waals surface area contributed by atoms with Crippen molar-refractivity contribution < 1.29 is 22.7 Å². The number of carbonyl (C=O) groups excluding carboxylic acids is 1. The quantitative estimate of drug-likeness (QED) is 0.617. The molecular weight excluding hydrogens is 416 g/mol. The average molecular weight is 447 g/mol. The topological polar surface area (TPSA) is 93.7 Å². The predicted octanol–water partition coefficient (Wildman–Crippen LogP) is 3.29. The molecule has 3 rings (SSSR count). The summed E-state index contributed by atoms with van der Waals surface area (Å²) in [7, 11) is -0.437. The molecule has 7 nitrogen and oxygen atoms in total. The van der Waals surface area contributed by atoms with Crippen molar-refractivity contribution in [2.24, 2.45) is 0 Å². The predicted molar refractivity (Wildman–Crippen MR) is 119 cm³/mol. The van der Waals surface area contributed by atoms with Crippen molar-refractivity contribution in [3.8, 4) is 11.5 Å². The summed E-state index contributed by atoms with van der Waals surface area (Å²) in [5, 5.41) is 2.87. The second-order valence-electron chi connectivity index (χ2n) is 7.68. The highest BCUT2D eigenvalue weighted by Crippen LogP contribution is 2.27. The van der Waals surface area contributed by atoms with E-state index in [0.717, 1.165) is 31.2 Å². The molecule has 1 aliphatic rings. The van der Waals surface area contributed by atoms with E-state index in [4.69, 9.17) is 9.47 Å². The van der Waals surface area contributed by atoms with E-state index in [1.807, 2.05) is 0 Å². The highest BCUT2D eigenvalue weighted by Gasteiger charge is 2.21. The normalized spacial score (nSPS) is 14.8. The molecule has 0 spiro atoms. The minimum atomic E-state index is -3.50. The van der Waals surface area contributed by atoms with E-state index in [9.17, 15) is 13.2 Å². The second-order valence-corrected chi connectivity index (χ2v) is 9.39. The van der Waals surface area contributed by atoms with Crippen LogP contribution in [0.3, 0.4) is 0 Å². The van der Waals surface area contributed by atoms with Gasteiger partial charge in [-0.2, -0.15) is 0 Å². The van der Waals surface area contributed by atoms with Crippen LogP contribution in [0.25, 0.3) is 0 Å². The highest BCUT2D eigenvalue weighted by molar-refractivity contribution is 7.89. The molecule has 0 unspecified atom stereocenters. The maximum atomic E-state index is 12.6. The third-order valence-electron chi connectivity index (χ3n) is 5.51. The molecule has 31 heavy (non-hydrogen) atoms. The Morgan fingerprint density at radius 2 is 1.65 bits per heavy atom. The zero-order valence-corrected chi connectivity index (χ0v) is 18.8. The number of nitrogens with one attached hydrogen (secondary N) is 2. The minimum absolute atomic E-state index is 0.0326. The highest BCUT2D eigenvalue weighted by atomic mass is 32.2. The second kappa shape index (κ2) is 10.6. The maximum Gasteiger partial charge on any atom is 0.251 e. The van der Waals surface area contributed by atoms with E-state index < -0.39 is 10.0 Å². The van der Waals surface area contributed by atoms with Crippen LogP contribution in [0.1, 0.15) is 48.0 Å². The number of methoxy groups -OCH3 is 2. The van der Waals surface area contributed by atoms with Gasteiger partial charge in [0.05, 0.1) is 19.1 Å². The largest absolute Gasteiger partial charge is 0.493 e. The van der Waals surface area contributed by atoms with Crippen LogP contribution in [0.4, 0.5) is 0 Å². The van der Waals surface area contributed by atoms with Gasteiger partial charge in [-0.15, -0.1) is 0 Å². The van der Waals surface area contributed by atoms with Crippen molar-refractivity contribution in [1.29, 1.82) is 0 Å². The minimum Gasteiger partial charge on any atom is -0.493 e. The molecule has 0 aromatic heterocycles. The number of rotatable bonds is 9. The van der Waals surface area contributed by atoms with Crippen molar-refractivity contribution in [1.82, 2.24) is 10.0 Å². The lowest BCUT2D eigenvalue weighted by atomic mass is 9.96. The van der Waals surface area contributed by atoms with Crippen LogP contribution in [-0.2, 0) is 16.4 Å². The fourth-order valence-electron chi connectivity index (χ4n) is 3.74. The summed E-state index contributed by atoms with van der Waals surface area (Å²) in [4.78, 5) is 12.7. The summed E-state index contributed by atoms with van der Waals surface area (Å²) in [6, 6.07) is 11.9. The number of benzene rings is 2. The van der Waals surface area contributed by atoms with Crippen LogP contribution in [0.5, 0.6) is 11.5 Å². The Morgan fingerprint density at radius 1 is 0.968 bits per heavy atom. The van der Waals surface area contributed by atoms with Gasteiger partial charge in [-0.1, -0.05) is 31.4 Å². The first kappa shape index (κ1) is 23.1. The summed E-state index contributed by atoms with van der Waals surface area (Å²) in [6.45, 7) is 0.430. The zero-order chi connectivity index (χ0) is 22.3. The molecule has 0 saturated heterocycles. The fraction of sp³-hybridized carbons (Fsp3) is 0.435.